The van der Waals surface area contributed by atoms with E-state index in [0.717, 1.165) is 48.0 Å². The minimum absolute atomic E-state index is 0.179. The van der Waals surface area contributed by atoms with Crippen molar-refractivity contribution in [3.05, 3.63) is 71.1 Å². The summed E-state index contributed by atoms with van der Waals surface area (Å²) in [5.74, 6) is 1.35. The number of ether oxygens (including phenoxy) is 2. The van der Waals surface area contributed by atoms with Gasteiger partial charge in [-0.2, -0.15) is 0 Å². The summed E-state index contributed by atoms with van der Waals surface area (Å²) >= 11 is 1.13. The average molecular weight is 486 g/mol. The molecule has 0 spiro atoms. The molecule has 2 aliphatic rings. The van der Waals surface area contributed by atoms with Gasteiger partial charge in [0.25, 0.3) is 15.9 Å². The maximum Gasteiger partial charge on any atom is 0.271 e. The number of carbonyl (C=O) groups is 1. The molecular weight excluding hydrogens is 462 g/mol. The van der Waals surface area contributed by atoms with E-state index in [4.69, 9.17) is 9.47 Å². The minimum atomic E-state index is -3.73. The Balaban J connectivity index is 1.23. The lowest BCUT2D eigenvalue weighted by Crippen LogP contribution is -2.48. The fourth-order valence-corrected chi connectivity index (χ4v) is 6.02. The van der Waals surface area contributed by atoms with Crippen LogP contribution in [0.1, 0.15) is 15.9 Å². The van der Waals surface area contributed by atoms with Crippen molar-refractivity contribution in [1.82, 2.24) is 9.80 Å². The maximum absolute atomic E-state index is 13.2. The molecule has 10 heteroatoms. The Morgan fingerprint density at radius 2 is 1.76 bits per heavy atom. The van der Waals surface area contributed by atoms with E-state index < -0.39 is 10.0 Å². The van der Waals surface area contributed by atoms with E-state index in [1.165, 1.54) is 6.07 Å². The Labute approximate surface area is 196 Å². The molecule has 172 valence electrons. The van der Waals surface area contributed by atoms with Crippen LogP contribution in [0, 0.1) is 0 Å². The lowest BCUT2D eigenvalue weighted by Gasteiger charge is -2.35. The molecule has 0 bridgehead atoms. The normalized spacial score (nSPS) is 16.1. The highest BCUT2D eigenvalue weighted by molar-refractivity contribution is 7.94. The van der Waals surface area contributed by atoms with E-state index >= 15 is 0 Å². The number of nitrogens with one attached hydrogen (secondary N) is 1. The topological polar surface area (TPSA) is 88.2 Å². The van der Waals surface area contributed by atoms with E-state index in [-0.39, 0.29) is 16.9 Å². The highest BCUT2D eigenvalue weighted by atomic mass is 32.2. The quantitative estimate of drug-likeness (QED) is 0.577. The van der Waals surface area contributed by atoms with Crippen LogP contribution in [-0.2, 0) is 16.6 Å². The summed E-state index contributed by atoms with van der Waals surface area (Å²) in [6.45, 7) is 3.59. The van der Waals surface area contributed by atoms with Crippen LogP contribution in [0.4, 0.5) is 5.69 Å². The first-order valence-electron chi connectivity index (χ1n) is 10.6. The van der Waals surface area contributed by atoms with Gasteiger partial charge in [-0.25, -0.2) is 8.42 Å². The van der Waals surface area contributed by atoms with Crippen LogP contribution >= 0.6 is 11.3 Å². The van der Waals surface area contributed by atoms with Crippen LogP contribution < -0.4 is 14.2 Å². The molecule has 2 aliphatic heterocycles. The minimum Gasteiger partial charge on any atom is -0.454 e. The predicted octanol–water partition coefficient (Wildman–Crippen LogP) is 3.24. The lowest BCUT2D eigenvalue weighted by atomic mass is 10.1. The highest BCUT2D eigenvalue weighted by Crippen LogP contribution is 2.33. The number of anilines is 1. The summed E-state index contributed by atoms with van der Waals surface area (Å²) in [7, 11) is -3.73. The van der Waals surface area contributed by atoms with Gasteiger partial charge in [-0.15, -0.1) is 11.3 Å². The Morgan fingerprint density at radius 3 is 2.55 bits per heavy atom. The Kier molecular flexibility index (Phi) is 5.96. The van der Waals surface area contributed by atoms with Gasteiger partial charge in [0.2, 0.25) is 6.79 Å². The zero-order valence-corrected chi connectivity index (χ0v) is 19.4. The molecule has 0 unspecified atom stereocenters. The van der Waals surface area contributed by atoms with Crippen molar-refractivity contribution in [3.63, 3.8) is 0 Å². The second kappa shape index (κ2) is 9.05. The number of rotatable bonds is 6. The van der Waals surface area contributed by atoms with E-state index in [1.807, 2.05) is 18.2 Å². The molecule has 1 N–H and O–H groups in total. The molecule has 5 rings (SSSR count). The zero-order valence-electron chi connectivity index (χ0n) is 17.8. The SMILES string of the molecule is O=C(c1ccccc1NS(=O)(=O)c1cccs1)N1CCN(Cc2ccc3c(c2)OCO3)CC1. The van der Waals surface area contributed by atoms with Crippen LogP contribution in [0.5, 0.6) is 11.5 Å². The predicted molar refractivity (Wildman–Crippen MR) is 125 cm³/mol. The average Bonchev–Trinajstić information content (AvgIpc) is 3.52. The number of hydrogen-bond acceptors (Lipinski definition) is 7. The molecule has 1 amide bonds. The number of piperazine rings is 1. The van der Waals surface area contributed by atoms with Crippen LogP contribution in [0.25, 0.3) is 0 Å². The largest absolute Gasteiger partial charge is 0.454 e. The monoisotopic (exact) mass is 485 g/mol. The van der Waals surface area contributed by atoms with Crippen molar-refractivity contribution in [2.75, 3.05) is 37.7 Å². The van der Waals surface area contributed by atoms with Crippen molar-refractivity contribution in [3.8, 4) is 11.5 Å². The van der Waals surface area contributed by atoms with Gasteiger partial charge >= 0.3 is 0 Å². The summed E-state index contributed by atoms with van der Waals surface area (Å²) in [6, 6.07) is 15.9. The molecule has 0 radical (unpaired) electrons. The first-order valence-corrected chi connectivity index (χ1v) is 12.9. The summed E-state index contributed by atoms with van der Waals surface area (Å²) in [6.07, 6.45) is 0. The van der Waals surface area contributed by atoms with E-state index in [2.05, 4.69) is 9.62 Å². The Hall–Kier alpha value is -3.08. The summed E-state index contributed by atoms with van der Waals surface area (Å²) < 4.78 is 38.9. The number of para-hydroxylation sites is 1. The fraction of sp³-hybridized carbons (Fsp3) is 0.261. The first kappa shape index (κ1) is 21.7. The number of hydrogen-bond donors (Lipinski definition) is 1. The van der Waals surface area contributed by atoms with Crippen LogP contribution in [-0.4, -0.2) is 57.1 Å². The second-order valence-corrected chi connectivity index (χ2v) is 10.7. The van der Waals surface area contributed by atoms with Crippen LogP contribution in [0.3, 0.4) is 0 Å². The summed E-state index contributed by atoms with van der Waals surface area (Å²) in [4.78, 5) is 17.3. The molecule has 1 fully saturated rings. The Bertz CT molecular complexity index is 1250. The van der Waals surface area contributed by atoms with Crippen LogP contribution in [0.15, 0.2) is 64.2 Å². The number of benzene rings is 2. The third-order valence-electron chi connectivity index (χ3n) is 5.66. The Morgan fingerprint density at radius 1 is 0.970 bits per heavy atom. The molecule has 33 heavy (non-hydrogen) atoms. The molecule has 0 aliphatic carbocycles. The van der Waals surface area contributed by atoms with E-state index in [0.29, 0.717) is 24.3 Å². The lowest BCUT2D eigenvalue weighted by molar-refractivity contribution is 0.0629. The maximum atomic E-state index is 13.2. The number of amides is 1. The molecular formula is C23H23N3O5S2. The number of sulfonamides is 1. The number of thiophene rings is 1. The smallest absolute Gasteiger partial charge is 0.271 e. The third-order valence-corrected chi connectivity index (χ3v) is 8.43. The highest BCUT2D eigenvalue weighted by Gasteiger charge is 2.26. The third kappa shape index (κ3) is 4.68. The van der Waals surface area contributed by atoms with E-state index in [9.17, 15) is 13.2 Å². The van der Waals surface area contributed by atoms with Crippen molar-refractivity contribution >= 4 is 33.0 Å². The van der Waals surface area contributed by atoms with Gasteiger partial charge in [-0.3, -0.25) is 14.4 Å². The van der Waals surface area contributed by atoms with Crippen LogP contribution in [0.2, 0.25) is 0 Å². The van der Waals surface area contributed by atoms with Gasteiger partial charge in [0.1, 0.15) is 4.21 Å². The molecule has 3 aromatic rings. The van der Waals surface area contributed by atoms with Crippen molar-refractivity contribution in [1.29, 1.82) is 0 Å². The van der Waals surface area contributed by atoms with Crippen molar-refractivity contribution in [2.45, 2.75) is 10.8 Å². The van der Waals surface area contributed by atoms with Gasteiger partial charge < -0.3 is 14.4 Å². The van der Waals surface area contributed by atoms with E-state index in [1.54, 1.807) is 40.6 Å². The molecule has 3 heterocycles. The molecule has 2 aromatic carbocycles. The molecule has 0 saturated carbocycles. The molecule has 1 saturated heterocycles. The van der Waals surface area contributed by atoms with Crippen molar-refractivity contribution < 1.29 is 22.7 Å². The zero-order chi connectivity index (χ0) is 22.8. The van der Waals surface area contributed by atoms with Gasteiger partial charge in [0, 0.05) is 32.7 Å². The first-order chi connectivity index (χ1) is 16.0. The number of nitrogens with zero attached hydrogens (tertiary/aromatic N) is 2. The van der Waals surface area contributed by atoms with Gasteiger partial charge in [-0.05, 0) is 41.3 Å². The van der Waals surface area contributed by atoms with Gasteiger partial charge in [0.15, 0.2) is 11.5 Å². The van der Waals surface area contributed by atoms with Crippen molar-refractivity contribution in [2.24, 2.45) is 0 Å². The molecule has 8 nitrogen and oxygen atoms in total. The van der Waals surface area contributed by atoms with Gasteiger partial charge in [0.05, 0.1) is 11.3 Å². The number of fused-ring (bicyclic) bond motifs is 1. The second-order valence-electron chi connectivity index (χ2n) is 7.84. The molecule has 1 aromatic heterocycles. The molecule has 0 atom stereocenters. The summed E-state index contributed by atoms with van der Waals surface area (Å²) in [5, 5.41) is 1.70. The van der Waals surface area contributed by atoms with Gasteiger partial charge in [-0.1, -0.05) is 24.3 Å². The summed E-state index contributed by atoms with van der Waals surface area (Å²) in [5.41, 5.74) is 1.77. The standard InChI is InChI=1S/C23H23N3O5S2/c27-23(18-4-1-2-5-19(18)24-33(28,29)22-6-3-13-32-22)26-11-9-25(10-12-26)15-17-7-8-20-21(14-17)31-16-30-20/h1-8,13-14,24H,9-12,15-16H2. The fourth-order valence-electron chi connectivity index (χ4n) is 3.95. The number of carbonyl (C=O) groups excluding carboxylic acids is 1.